The molecule has 22 heavy (non-hydrogen) atoms. The Hall–Kier alpha value is -1.64. The zero-order valence-corrected chi connectivity index (χ0v) is 14.6. The van der Waals surface area contributed by atoms with E-state index >= 15 is 0 Å². The molecule has 0 amide bonds. The van der Waals surface area contributed by atoms with E-state index in [0.29, 0.717) is 6.73 Å². The molecule has 4 nitrogen and oxygen atoms in total. The number of aromatic nitrogens is 2. The number of fused-ring (bicyclic) bond motifs is 1. The van der Waals surface area contributed by atoms with E-state index in [1.807, 2.05) is 23.0 Å². The highest BCUT2D eigenvalue weighted by Crippen LogP contribution is 2.49. The van der Waals surface area contributed by atoms with Crippen LogP contribution in [0.25, 0.3) is 11.0 Å². The van der Waals surface area contributed by atoms with Gasteiger partial charge in [-0.2, -0.15) is 5.26 Å². The van der Waals surface area contributed by atoms with Crippen LogP contribution in [0.15, 0.2) is 24.5 Å². The Morgan fingerprint density at radius 3 is 2.77 bits per heavy atom. The molecule has 0 saturated heterocycles. The SMILES string of the molecule is C[Si](C)(C)CCOCn1cnc2c(C3(C#N)CC3)cccc21. The van der Waals surface area contributed by atoms with Gasteiger partial charge in [-0.05, 0) is 25.0 Å². The smallest absolute Gasteiger partial charge is 0.124 e. The number of nitrogens with zero attached hydrogens (tertiary/aromatic N) is 3. The van der Waals surface area contributed by atoms with Crippen LogP contribution in [-0.4, -0.2) is 24.2 Å². The number of benzene rings is 1. The van der Waals surface area contributed by atoms with Crippen LogP contribution in [0, 0.1) is 11.3 Å². The van der Waals surface area contributed by atoms with Crippen LogP contribution in [0.2, 0.25) is 25.7 Å². The molecule has 5 heteroatoms. The lowest BCUT2D eigenvalue weighted by molar-refractivity contribution is 0.0898. The van der Waals surface area contributed by atoms with Crippen molar-refractivity contribution in [3.63, 3.8) is 0 Å². The van der Waals surface area contributed by atoms with Crippen molar-refractivity contribution in [3.8, 4) is 6.07 Å². The van der Waals surface area contributed by atoms with Gasteiger partial charge in [-0.1, -0.05) is 31.8 Å². The molecule has 0 atom stereocenters. The molecular formula is C17H23N3OSi. The topological polar surface area (TPSA) is 50.8 Å². The fourth-order valence-electron chi connectivity index (χ4n) is 2.69. The summed E-state index contributed by atoms with van der Waals surface area (Å²) in [4.78, 5) is 4.54. The molecule has 0 spiro atoms. The first-order chi connectivity index (χ1) is 10.5. The first kappa shape index (κ1) is 15.3. The lowest BCUT2D eigenvalue weighted by Gasteiger charge is -2.15. The van der Waals surface area contributed by atoms with E-state index in [1.165, 1.54) is 6.04 Å². The Morgan fingerprint density at radius 1 is 1.36 bits per heavy atom. The van der Waals surface area contributed by atoms with Crippen molar-refractivity contribution in [1.82, 2.24) is 9.55 Å². The number of hydrogen-bond acceptors (Lipinski definition) is 3. The van der Waals surface area contributed by atoms with Crippen LogP contribution in [0.5, 0.6) is 0 Å². The van der Waals surface area contributed by atoms with Gasteiger partial charge in [-0.25, -0.2) is 4.98 Å². The van der Waals surface area contributed by atoms with Crippen molar-refractivity contribution in [2.24, 2.45) is 0 Å². The Labute approximate surface area is 132 Å². The molecule has 1 aromatic heterocycles. The minimum absolute atomic E-state index is 0.294. The molecule has 2 aromatic rings. The van der Waals surface area contributed by atoms with Crippen molar-refractivity contribution in [3.05, 3.63) is 30.1 Å². The molecule has 116 valence electrons. The summed E-state index contributed by atoms with van der Waals surface area (Å²) in [5, 5.41) is 9.42. The van der Waals surface area contributed by atoms with Crippen molar-refractivity contribution in [2.75, 3.05) is 6.61 Å². The molecular weight excluding hydrogens is 290 g/mol. The van der Waals surface area contributed by atoms with Crippen LogP contribution < -0.4 is 0 Å². The van der Waals surface area contributed by atoms with Crippen molar-refractivity contribution in [2.45, 2.75) is 50.7 Å². The van der Waals surface area contributed by atoms with E-state index in [4.69, 9.17) is 4.74 Å². The Balaban J connectivity index is 1.76. The van der Waals surface area contributed by atoms with Crippen LogP contribution >= 0.6 is 0 Å². The Morgan fingerprint density at radius 2 is 2.14 bits per heavy atom. The lowest BCUT2D eigenvalue weighted by Crippen LogP contribution is -2.21. The van der Waals surface area contributed by atoms with Crippen molar-refractivity contribution < 1.29 is 4.74 Å². The third-order valence-corrected chi connectivity index (χ3v) is 6.06. The van der Waals surface area contributed by atoms with Crippen molar-refractivity contribution >= 4 is 19.1 Å². The van der Waals surface area contributed by atoms with Crippen molar-refractivity contribution in [1.29, 1.82) is 5.26 Å². The van der Waals surface area contributed by atoms with Gasteiger partial charge in [0, 0.05) is 20.2 Å². The van der Waals surface area contributed by atoms with E-state index in [2.05, 4.69) is 36.8 Å². The molecule has 0 radical (unpaired) electrons. The number of rotatable bonds is 6. The van der Waals surface area contributed by atoms with Gasteiger partial charge >= 0.3 is 0 Å². The molecule has 1 saturated carbocycles. The molecule has 1 fully saturated rings. The summed E-state index contributed by atoms with van der Waals surface area (Å²) in [6.45, 7) is 8.39. The van der Waals surface area contributed by atoms with Gasteiger partial charge in [0.05, 0.1) is 28.8 Å². The number of nitriles is 1. The first-order valence-electron chi connectivity index (χ1n) is 7.89. The minimum atomic E-state index is -1.05. The zero-order valence-electron chi connectivity index (χ0n) is 13.6. The molecule has 0 bridgehead atoms. The fourth-order valence-corrected chi connectivity index (χ4v) is 3.44. The summed E-state index contributed by atoms with van der Waals surface area (Å²) >= 11 is 0. The summed E-state index contributed by atoms with van der Waals surface area (Å²) < 4.78 is 7.86. The highest BCUT2D eigenvalue weighted by molar-refractivity contribution is 6.76. The summed E-state index contributed by atoms with van der Waals surface area (Å²) in [6.07, 6.45) is 3.72. The second-order valence-electron chi connectivity index (χ2n) is 7.43. The first-order valence-corrected chi connectivity index (χ1v) is 11.6. The number of para-hydroxylation sites is 1. The molecule has 1 aliphatic rings. The molecule has 1 aromatic carbocycles. The summed E-state index contributed by atoms with van der Waals surface area (Å²) in [7, 11) is -1.05. The highest BCUT2D eigenvalue weighted by atomic mass is 28.3. The van der Waals surface area contributed by atoms with E-state index < -0.39 is 8.07 Å². The Kier molecular flexibility index (Phi) is 3.83. The standard InChI is InChI=1S/C17H23N3OSi/c1-22(2,3)10-9-21-13-20-12-19-16-14(5-4-6-15(16)20)17(11-18)7-8-17/h4-6,12H,7-10,13H2,1-3H3. The largest absolute Gasteiger partial charge is 0.361 e. The zero-order chi connectivity index (χ0) is 15.8. The fraction of sp³-hybridized carbons (Fsp3) is 0.529. The quantitative estimate of drug-likeness (QED) is 0.600. The number of hydrogen-bond donors (Lipinski definition) is 0. The maximum absolute atomic E-state index is 9.42. The van der Waals surface area contributed by atoms with Gasteiger partial charge in [-0.15, -0.1) is 0 Å². The predicted octanol–water partition coefficient (Wildman–Crippen LogP) is 3.90. The predicted molar refractivity (Wildman–Crippen MR) is 90.4 cm³/mol. The van der Waals surface area contributed by atoms with E-state index in [1.54, 1.807) is 0 Å². The highest BCUT2D eigenvalue weighted by Gasteiger charge is 2.46. The normalized spacial score (nSPS) is 16.6. The molecule has 0 aliphatic heterocycles. The molecule has 1 aliphatic carbocycles. The second kappa shape index (κ2) is 5.53. The third-order valence-electron chi connectivity index (χ3n) is 4.36. The van der Waals surface area contributed by atoms with Crippen LogP contribution in [-0.2, 0) is 16.9 Å². The average Bonchev–Trinajstić information content (AvgIpc) is 3.17. The summed E-state index contributed by atoms with van der Waals surface area (Å²) in [5.41, 5.74) is 2.80. The monoisotopic (exact) mass is 313 g/mol. The number of ether oxygens (including phenoxy) is 1. The van der Waals surface area contributed by atoms with Gasteiger partial charge in [0.15, 0.2) is 0 Å². The van der Waals surface area contributed by atoms with Gasteiger partial charge in [0.1, 0.15) is 6.73 Å². The maximum atomic E-state index is 9.42. The molecule has 1 heterocycles. The van der Waals surface area contributed by atoms with E-state index in [0.717, 1.165) is 36.0 Å². The van der Waals surface area contributed by atoms with Gasteiger partial charge in [0.2, 0.25) is 0 Å². The van der Waals surface area contributed by atoms with E-state index in [9.17, 15) is 5.26 Å². The average molecular weight is 313 g/mol. The van der Waals surface area contributed by atoms with Crippen LogP contribution in [0.4, 0.5) is 0 Å². The summed E-state index contributed by atoms with van der Waals surface area (Å²) in [5.74, 6) is 0. The van der Waals surface area contributed by atoms with Gasteiger partial charge in [0.25, 0.3) is 0 Å². The van der Waals surface area contributed by atoms with Gasteiger partial charge in [-0.3, -0.25) is 0 Å². The molecule has 3 rings (SSSR count). The van der Waals surface area contributed by atoms with Gasteiger partial charge < -0.3 is 9.30 Å². The van der Waals surface area contributed by atoms with Crippen LogP contribution in [0.1, 0.15) is 18.4 Å². The number of imidazole rings is 1. The minimum Gasteiger partial charge on any atom is -0.361 e. The second-order valence-corrected chi connectivity index (χ2v) is 13.1. The third kappa shape index (κ3) is 2.94. The van der Waals surface area contributed by atoms with Crippen LogP contribution in [0.3, 0.4) is 0 Å². The molecule has 0 unspecified atom stereocenters. The lowest BCUT2D eigenvalue weighted by atomic mass is 9.96. The Bertz CT molecular complexity index is 720. The summed E-state index contributed by atoms with van der Waals surface area (Å²) in [6, 6.07) is 9.76. The maximum Gasteiger partial charge on any atom is 0.124 e. The van der Waals surface area contributed by atoms with E-state index in [-0.39, 0.29) is 5.41 Å². The molecule has 0 N–H and O–H groups in total.